The van der Waals surface area contributed by atoms with Crippen LogP contribution in [0, 0.1) is 0 Å². The van der Waals surface area contributed by atoms with Crippen LogP contribution in [0.1, 0.15) is 5.76 Å². The van der Waals surface area contributed by atoms with E-state index < -0.39 is 13.6 Å². The maximum Gasteiger partial charge on any atom is 0.368 e. The average Bonchev–Trinajstić information content (AvgIpc) is 2.87. The molecule has 1 heterocycles. The number of carbonyl (C=O) groups is 1. The lowest BCUT2D eigenvalue weighted by Crippen LogP contribution is -2.07. The summed E-state index contributed by atoms with van der Waals surface area (Å²) in [6.45, 7) is 0. The zero-order valence-electron chi connectivity index (χ0n) is 9.71. The highest BCUT2D eigenvalue weighted by molar-refractivity contribution is 7.60. The second kappa shape index (κ2) is 5.82. The number of hydrogen-bond donors (Lipinski definition) is 0. The fourth-order valence-corrected chi connectivity index (χ4v) is 2.28. The van der Waals surface area contributed by atoms with E-state index in [2.05, 4.69) is 4.74 Å². The molecular formula is C10H13O6P. The van der Waals surface area contributed by atoms with Crippen molar-refractivity contribution < 1.29 is 27.6 Å². The van der Waals surface area contributed by atoms with Gasteiger partial charge in [-0.2, -0.15) is 0 Å². The van der Waals surface area contributed by atoms with Crippen molar-refractivity contribution in [2.75, 3.05) is 21.3 Å². The van der Waals surface area contributed by atoms with Crippen molar-refractivity contribution in [1.29, 1.82) is 0 Å². The molecule has 0 aliphatic heterocycles. The molecule has 0 aliphatic rings. The van der Waals surface area contributed by atoms with Crippen molar-refractivity contribution in [1.82, 2.24) is 0 Å². The summed E-state index contributed by atoms with van der Waals surface area (Å²) in [5.74, 6) is -0.451. The number of esters is 1. The average molecular weight is 260 g/mol. The van der Waals surface area contributed by atoms with Crippen LogP contribution in [0.25, 0.3) is 6.08 Å². The van der Waals surface area contributed by atoms with Gasteiger partial charge in [-0.15, -0.1) is 0 Å². The standard InChI is InChI=1S/C10H13O6P/c1-13-10(11)9(17(12,14-2)15-3)7-8-5-4-6-16-8/h4-7H,1-3H3/b9-7+. The van der Waals surface area contributed by atoms with Crippen molar-refractivity contribution in [3.8, 4) is 0 Å². The fourth-order valence-electron chi connectivity index (χ4n) is 1.13. The molecule has 0 saturated heterocycles. The highest BCUT2D eigenvalue weighted by Crippen LogP contribution is 2.55. The smallest absolute Gasteiger partial charge is 0.368 e. The first-order valence-corrected chi connectivity index (χ1v) is 6.17. The first-order chi connectivity index (χ1) is 8.07. The largest absolute Gasteiger partial charge is 0.465 e. The molecule has 1 aromatic heterocycles. The van der Waals surface area contributed by atoms with E-state index in [1.54, 1.807) is 12.1 Å². The minimum atomic E-state index is -3.68. The normalized spacial score (nSPS) is 12.5. The van der Waals surface area contributed by atoms with Crippen LogP contribution >= 0.6 is 7.60 Å². The molecule has 94 valence electrons. The maximum absolute atomic E-state index is 12.1. The summed E-state index contributed by atoms with van der Waals surface area (Å²) >= 11 is 0. The Labute approximate surface area is 98.7 Å². The second-order valence-corrected chi connectivity index (χ2v) is 5.11. The van der Waals surface area contributed by atoms with Crippen LogP contribution in [0.4, 0.5) is 0 Å². The Morgan fingerprint density at radius 3 is 2.41 bits per heavy atom. The van der Waals surface area contributed by atoms with E-state index in [1.165, 1.54) is 33.7 Å². The van der Waals surface area contributed by atoms with Crippen LogP contribution in [-0.4, -0.2) is 27.3 Å². The van der Waals surface area contributed by atoms with Crippen LogP contribution in [0.5, 0.6) is 0 Å². The Bertz CT molecular complexity index is 439. The zero-order valence-corrected chi connectivity index (χ0v) is 10.6. The van der Waals surface area contributed by atoms with Gasteiger partial charge in [-0.1, -0.05) is 0 Å². The summed E-state index contributed by atoms with van der Waals surface area (Å²) in [6.07, 6.45) is 2.69. The topological polar surface area (TPSA) is 75.0 Å². The fraction of sp³-hybridized carbons (Fsp3) is 0.300. The number of hydrogen-bond acceptors (Lipinski definition) is 6. The minimum Gasteiger partial charge on any atom is -0.465 e. The van der Waals surface area contributed by atoms with Gasteiger partial charge in [0, 0.05) is 20.3 Å². The maximum atomic E-state index is 12.1. The summed E-state index contributed by atoms with van der Waals surface area (Å²) < 4.78 is 31.2. The SMILES string of the molecule is COC(=O)/C(=C\c1ccco1)P(=O)(OC)OC. The van der Waals surface area contributed by atoms with Gasteiger partial charge in [0.1, 0.15) is 5.76 Å². The van der Waals surface area contributed by atoms with Crippen molar-refractivity contribution in [2.45, 2.75) is 0 Å². The van der Waals surface area contributed by atoms with Crippen LogP contribution < -0.4 is 0 Å². The van der Waals surface area contributed by atoms with Crippen LogP contribution in [0.15, 0.2) is 28.1 Å². The predicted octanol–water partition coefficient (Wildman–Crippen LogP) is 2.28. The highest BCUT2D eigenvalue weighted by atomic mass is 31.2. The Hall–Kier alpha value is -1.36. The van der Waals surface area contributed by atoms with E-state index in [0.717, 1.165) is 0 Å². The molecular weight excluding hydrogens is 247 g/mol. The second-order valence-electron chi connectivity index (χ2n) is 2.90. The number of methoxy groups -OCH3 is 1. The van der Waals surface area contributed by atoms with E-state index >= 15 is 0 Å². The molecule has 0 spiro atoms. The minimum absolute atomic E-state index is 0.222. The summed E-state index contributed by atoms with van der Waals surface area (Å²) in [4.78, 5) is 11.5. The van der Waals surface area contributed by atoms with Gasteiger partial charge in [-0.05, 0) is 12.1 Å². The highest BCUT2D eigenvalue weighted by Gasteiger charge is 2.34. The first-order valence-electron chi connectivity index (χ1n) is 4.63. The molecule has 0 radical (unpaired) electrons. The summed E-state index contributed by atoms with van der Waals surface area (Å²) in [5.41, 5.74) is 0. The molecule has 0 atom stereocenters. The molecule has 1 aromatic rings. The molecule has 0 N–H and O–H groups in total. The molecule has 7 heteroatoms. The molecule has 6 nitrogen and oxygen atoms in total. The Morgan fingerprint density at radius 1 is 1.35 bits per heavy atom. The Balaban J connectivity index is 3.22. The molecule has 0 saturated carbocycles. The number of rotatable bonds is 5. The number of ether oxygens (including phenoxy) is 1. The third kappa shape index (κ3) is 3.06. The molecule has 0 aromatic carbocycles. The van der Waals surface area contributed by atoms with E-state index in [0.29, 0.717) is 5.76 Å². The first kappa shape index (κ1) is 13.7. The molecule has 0 fully saturated rings. The Morgan fingerprint density at radius 2 is 2.00 bits per heavy atom. The van der Waals surface area contributed by atoms with Crippen molar-refractivity contribution in [3.05, 3.63) is 29.5 Å². The van der Waals surface area contributed by atoms with Crippen LogP contribution in [0.2, 0.25) is 0 Å². The quantitative estimate of drug-likeness (QED) is 0.459. The molecule has 0 amide bonds. The molecule has 0 aliphatic carbocycles. The molecule has 17 heavy (non-hydrogen) atoms. The predicted molar refractivity (Wildman–Crippen MR) is 60.3 cm³/mol. The van der Waals surface area contributed by atoms with Crippen molar-refractivity contribution in [2.24, 2.45) is 0 Å². The van der Waals surface area contributed by atoms with Crippen LogP contribution in [-0.2, 0) is 23.1 Å². The van der Waals surface area contributed by atoms with Gasteiger partial charge in [0.15, 0.2) is 5.31 Å². The van der Waals surface area contributed by atoms with Gasteiger partial charge >= 0.3 is 13.6 Å². The lowest BCUT2D eigenvalue weighted by atomic mass is 10.4. The number of furan rings is 1. The Kier molecular flexibility index (Phi) is 4.69. The summed E-state index contributed by atoms with van der Waals surface area (Å²) in [5, 5.41) is -0.222. The molecule has 0 unspecified atom stereocenters. The number of carbonyl (C=O) groups excluding carboxylic acids is 1. The lowest BCUT2D eigenvalue weighted by Gasteiger charge is -2.14. The van der Waals surface area contributed by atoms with E-state index in [9.17, 15) is 9.36 Å². The van der Waals surface area contributed by atoms with Gasteiger partial charge in [0.2, 0.25) is 0 Å². The van der Waals surface area contributed by atoms with Gasteiger partial charge in [-0.25, -0.2) is 4.79 Å². The van der Waals surface area contributed by atoms with E-state index in [-0.39, 0.29) is 5.31 Å². The van der Waals surface area contributed by atoms with Gasteiger partial charge in [0.25, 0.3) is 0 Å². The van der Waals surface area contributed by atoms with Gasteiger partial charge in [-0.3, -0.25) is 4.57 Å². The van der Waals surface area contributed by atoms with Crippen molar-refractivity contribution in [3.63, 3.8) is 0 Å². The third-order valence-electron chi connectivity index (χ3n) is 1.99. The molecule has 0 bridgehead atoms. The third-order valence-corrected chi connectivity index (χ3v) is 3.86. The van der Waals surface area contributed by atoms with Gasteiger partial charge < -0.3 is 18.2 Å². The monoisotopic (exact) mass is 260 g/mol. The van der Waals surface area contributed by atoms with Gasteiger partial charge in [0.05, 0.1) is 13.4 Å². The summed E-state index contributed by atoms with van der Waals surface area (Å²) in [7, 11) is -0.136. The van der Waals surface area contributed by atoms with Crippen LogP contribution in [0.3, 0.4) is 0 Å². The summed E-state index contributed by atoms with van der Waals surface area (Å²) in [6, 6.07) is 3.23. The lowest BCUT2D eigenvalue weighted by molar-refractivity contribution is -0.135. The van der Waals surface area contributed by atoms with E-state index in [1.807, 2.05) is 0 Å². The molecule has 1 rings (SSSR count). The van der Waals surface area contributed by atoms with E-state index in [4.69, 9.17) is 13.5 Å². The van der Waals surface area contributed by atoms with Crippen molar-refractivity contribution >= 4 is 19.6 Å². The zero-order chi connectivity index (χ0) is 12.9.